The molecule has 1 atom stereocenters. The van der Waals surface area contributed by atoms with E-state index in [1.807, 2.05) is 6.92 Å². The lowest BCUT2D eigenvalue weighted by Gasteiger charge is -2.26. The van der Waals surface area contributed by atoms with Crippen molar-refractivity contribution in [1.82, 2.24) is 4.57 Å². The molecule has 0 aliphatic carbocycles. The zero-order chi connectivity index (χ0) is 29.7. The van der Waals surface area contributed by atoms with Gasteiger partial charge in [0.25, 0.3) is 11.5 Å². The van der Waals surface area contributed by atoms with Gasteiger partial charge in [0, 0.05) is 5.56 Å². The van der Waals surface area contributed by atoms with Gasteiger partial charge in [-0.15, -0.1) is 0 Å². The Morgan fingerprint density at radius 1 is 1.05 bits per heavy atom. The molecule has 12 heteroatoms. The van der Waals surface area contributed by atoms with Crippen molar-refractivity contribution in [2.75, 3.05) is 34.0 Å². The minimum atomic E-state index is -0.872. The van der Waals surface area contributed by atoms with Gasteiger partial charge in [-0.1, -0.05) is 29.5 Å². The van der Waals surface area contributed by atoms with E-state index in [2.05, 4.69) is 4.99 Å². The molecule has 0 bridgehead atoms. The smallest absolute Gasteiger partial charge is 0.338 e. The van der Waals surface area contributed by atoms with Gasteiger partial charge in [0.1, 0.15) is 6.04 Å². The molecule has 3 aromatic rings. The maximum Gasteiger partial charge on any atom is 0.338 e. The molecule has 1 aromatic heterocycles. The van der Waals surface area contributed by atoms with Crippen molar-refractivity contribution in [2.24, 2.45) is 10.7 Å². The highest BCUT2D eigenvalue weighted by atomic mass is 32.1. The fourth-order valence-corrected chi connectivity index (χ4v) is 5.53. The quantitative estimate of drug-likeness (QED) is 0.340. The van der Waals surface area contributed by atoms with E-state index in [4.69, 9.17) is 29.4 Å². The summed E-state index contributed by atoms with van der Waals surface area (Å²) >= 11 is 1.18. The second-order valence-corrected chi connectivity index (χ2v) is 9.79. The summed E-state index contributed by atoms with van der Waals surface area (Å²) in [7, 11) is 2.99. The molecule has 11 nitrogen and oxygen atoms in total. The van der Waals surface area contributed by atoms with Crippen LogP contribution in [0.2, 0.25) is 0 Å². The predicted octanol–water partition coefficient (Wildman–Crippen LogP) is 2.08. The molecule has 216 valence electrons. The molecular weight excluding hydrogens is 550 g/mol. The fraction of sp³-hybridized carbons (Fsp3) is 0.310. The third-order valence-electron chi connectivity index (χ3n) is 6.18. The normalized spacial score (nSPS) is 14.7. The number of amides is 1. The first-order chi connectivity index (χ1) is 19.7. The Morgan fingerprint density at radius 3 is 2.46 bits per heavy atom. The lowest BCUT2D eigenvalue weighted by molar-refractivity contribution is -0.139. The molecule has 2 N–H and O–H groups in total. The van der Waals surface area contributed by atoms with E-state index in [1.54, 1.807) is 56.3 Å². The summed E-state index contributed by atoms with van der Waals surface area (Å²) in [5.74, 6) is 0.396. The molecule has 0 spiro atoms. The van der Waals surface area contributed by atoms with Gasteiger partial charge in [0.15, 0.2) is 34.4 Å². The first-order valence-electron chi connectivity index (χ1n) is 12.8. The number of hydrogen-bond acceptors (Lipinski definition) is 10. The maximum atomic E-state index is 14.0. The summed E-state index contributed by atoms with van der Waals surface area (Å²) in [6.45, 7) is 5.47. The molecule has 0 unspecified atom stereocenters. The lowest BCUT2D eigenvalue weighted by Crippen LogP contribution is -2.40. The number of rotatable bonds is 11. The lowest BCUT2D eigenvalue weighted by atomic mass is 9.94. The first kappa shape index (κ1) is 29.4. The topological polar surface area (TPSA) is 141 Å². The Bertz CT molecular complexity index is 1690. The van der Waals surface area contributed by atoms with E-state index in [0.717, 1.165) is 0 Å². The highest BCUT2D eigenvalue weighted by Crippen LogP contribution is 2.40. The summed E-state index contributed by atoms with van der Waals surface area (Å²) < 4.78 is 29.5. The molecule has 1 aliphatic heterocycles. The standard InChI is InChI=1S/C29H31N3O8S/c1-6-38-26-18(9-8-10-20(26)36-4)25-24(28(35)39-7-2)16(3)31-29-32(25)27(34)22(41-29)14-17-11-12-19(21(13-17)37-5)40-15-23(30)33/h8-14,25H,6-7,15H2,1-5H3,(H2,30,33)/b22-14+/t25-/m0/s1. The number of primary amides is 1. The SMILES string of the molecule is CCOC(=O)C1=C(C)N=c2s/c(=C/c3ccc(OCC(N)=O)c(OC)c3)c(=O)n2[C@H]1c1cccc(OC)c1OCC. The third kappa shape index (κ3) is 5.97. The Morgan fingerprint density at radius 2 is 1.80 bits per heavy atom. The van der Waals surface area contributed by atoms with Crippen LogP contribution in [0, 0.1) is 0 Å². The number of para-hydroxylation sites is 1. The van der Waals surface area contributed by atoms with E-state index in [1.165, 1.54) is 30.1 Å². The largest absolute Gasteiger partial charge is 0.493 e. The zero-order valence-corrected chi connectivity index (χ0v) is 24.2. The summed E-state index contributed by atoms with van der Waals surface area (Å²) in [6.07, 6.45) is 1.69. The second-order valence-electron chi connectivity index (χ2n) is 8.78. The van der Waals surface area contributed by atoms with Crippen molar-refractivity contribution >= 4 is 29.3 Å². The number of aromatic nitrogens is 1. The maximum absolute atomic E-state index is 14.0. The van der Waals surface area contributed by atoms with Crippen LogP contribution < -0.4 is 39.6 Å². The highest BCUT2D eigenvalue weighted by molar-refractivity contribution is 7.07. The van der Waals surface area contributed by atoms with Crippen molar-refractivity contribution in [3.8, 4) is 23.0 Å². The second kappa shape index (κ2) is 12.7. The van der Waals surface area contributed by atoms with E-state index in [-0.39, 0.29) is 24.3 Å². The molecule has 1 aliphatic rings. The van der Waals surface area contributed by atoms with Crippen molar-refractivity contribution in [1.29, 1.82) is 0 Å². The molecule has 4 rings (SSSR count). The molecule has 0 fully saturated rings. The van der Waals surface area contributed by atoms with Crippen LogP contribution in [0.1, 0.15) is 37.9 Å². The zero-order valence-electron chi connectivity index (χ0n) is 23.4. The molecule has 0 saturated carbocycles. The number of methoxy groups -OCH3 is 2. The van der Waals surface area contributed by atoms with Crippen LogP contribution in [0.15, 0.2) is 57.5 Å². The van der Waals surface area contributed by atoms with Gasteiger partial charge in [0.05, 0.1) is 43.2 Å². The first-order valence-corrected chi connectivity index (χ1v) is 13.6. The van der Waals surface area contributed by atoms with Crippen LogP contribution in [0.25, 0.3) is 6.08 Å². The summed E-state index contributed by atoms with van der Waals surface area (Å²) in [5, 5.41) is 0. The fourth-order valence-electron chi connectivity index (χ4n) is 4.49. The van der Waals surface area contributed by atoms with Crippen LogP contribution in [0.5, 0.6) is 23.0 Å². The average molecular weight is 582 g/mol. The number of carbonyl (C=O) groups is 2. The van der Waals surface area contributed by atoms with E-state index in [0.29, 0.717) is 55.8 Å². The summed E-state index contributed by atoms with van der Waals surface area (Å²) in [4.78, 5) is 43.4. The van der Waals surface area contributed by atoms with Crippen LogP contribution in [0.3, 0.4) is 0 Å². The van der Waals surface area contributed by atoms with E-state index in [9.17, 15) is 14.4 Å². The minimum absolute atomic E-state index is 0.157. The van der Waals surface area contributed by atoms with Gasteiger partial charge >= 0.3 is 5.97 Å². The van der Waals surface area contributed by atoms with Crippen LogP contribution in [0.4, 0.5) is 0 Å². The molecule has 2 aromatic carbocycles. The molecule has 1 amide bonds. The molecule has 41 heavy (non-hydrogen) atoms. The number of esters is 1. The van der Waals surface area contributed by atoms with Gasteiger partial charge in [-0.3, -0.25) is 14.2 Å². The Labute approximate surface area is 240 Å². The van der Waals surface area contributed by atoms with E-state index < -0.39 is 17.9 Å². The van der Waals surface area contributed by atoms with Crippen LogP contribution in [-0.2, 0) is 14.3 Å². The number of nitrogens with zero attached hydrogens (tertiary/aromatic N) is 2. The molecule has 0 saturated heterocycles. The van der Waals surface area contributed by atoms with Gasteiger partial charge < -0.3 is 29.4 Å². The number of ether oxygens (including phenoxy) is 5. The number of benzene rings is 2. The van der Waals surface area contributed by atoms with Gasteiger partial charge in [-0.05, 0) is 50.6 Å². The van der Waals surface area contributed by atoms with Crippen LogP contribution >= 0.6 is 11.3 Å². The Kier molecular flexibility index (Phi) is 9.13. The summed E-state index contributed by atoms with van der Waals surface area (Å²) in [5.41, 5.74) is 6.70. The summed E-state index contributed by atoms with van der Waals surface area (Å²) in [6, 6.07) is 9.48. The monoisotopic (exact) mass is 581 g/mol. The third-order valence-corrected chi connectivity index (χ3v) is 7.17. The van der Waals surface area contributed by atoms with Gasteiger partial charge in [-0.2, -0.15) is 0 Å². The predicted molar refractivity (Wildman–Crippen MR) is 152 cm³/mol. The highest BCUT2D eigenvalue weighted by Gasteiger charge is 2.36. The molecular formula is C29H31N3O8S. The Hall–Kier alpha value is -4.58. The van der Waals surface area contributed by atoms with E-state index >= 15 is 0 Å². The number of fused-ring (bicyclic) bond motifs is 1. The Balaban J connectivity index is 1.92. The number of thiazole rings is 1. The number of allylic oxidation sites excluding steroid dienone is 1. The van der Waals surface area contributed by atoms with Crippen molar-refractivity contribution in [2.45, 2.75) is 26.8 Å². The van der Waals surface area contributed by atoms with Crippen molar-refractivity contribution in [3.63, 3.8) is 0 Å². The van der Waals surface area contributed by atoms with Crippen LogP contribution in [-0.4, -0.2) is 50.5 Å². The number of carbonyl (C=O) groups excluding carboxylic acids is 2. The number of hydrogen-bond donors (Lipinski definition) is 1. The van der Waals surface area contributed by atoms with Crippen molar-refractivity contribution in [3.05, 3.63) is 78.5 Å². The average Bonchev–Trinajstić information content (AvgIpc) is 3.25. The minimum Gasteiger partial charge on any atom is -0.493 e. The molecule has 2 heterocycles. The molecule has 0 radical (unpaired) electrons. The van der Waals surface area contributed by atoms with Gasteiger partial charge in [0.2, 0.25) is 0 Å². The van der Waals surface area contributed by atoms with Gasteiger partial charge in [-0.25, -0.2) is 9.79 Å². The van der Waals surface area contributed by atoms with Crippen molar-refractivity contribution < 1.29 is 33.3 Å². The number of nitrogens with two attached hydrogens (primary N) is 1.